The minimum absolute atomic E-state index is 0.102. The van der Waals surface area contributed by atoms with Gasteiger partial charge in [0.1, 0.15) is 11.6 Å². The zero-order valence-corrected chi connectivity index (χ0v) is 10.8. The Balaban J connectivity index is 2.15. The van der Waals surface area contributed by atoms with Gasteiger partial charge in [0, 0.05) is 12.6 Å². The third-order valence-electron chi connectivity index (χ3n) is 2.65. The molecule has 0 saturated heterocycles. The van der Waals surface area contributed by atoms with Crippen LogP contribution in [0.5, 0.6) is 11.5 Å². The van der Waals surface area contributed by atoms with Crippen molar-refractivity contribution < 1.29 is 19.3 Å². The summed E-state index contributed by atoms with van der Waals surface area (Å²) in [4.78, 5) is 0. The van der Waals surface area contributed by atoms with Gasteiger partial charge >= 0.3 is 0 Å². The van der Waals surface area contributed by atoms with Crippen molar-refractivity contribution in [2.24, 2.45) is 0 Å². The molecule has 5 heteroatoms. The van der Waals surface area contributed by atoms with Crippen LogP contribution in [0.25, 0.3) is 0 Å². The van der Waals surface area contributed by atoms with Crippen LogP contribution in [0.15, 0.2) is 48.5 Å². The smallest absolute Gasteiger partial charge is 0.150 e. The van der Waals surface area contributed by atoms with Gasteiger partial charge in [-0.05, 0) is 24.3 Å². The van der Waals surface area contributed by atoms with Crippen LogP contribution in [0.3, 0.4) is 0 Å². The van der Waals surface area contributed by atoms with Gasteiger partial charge in [-0.3, -0.25) is 0 Å². The summed E-state index contributed by atoms with van der Waals surface area (Å²) in [6.07, 6.45) is -0.914. The zero-order valence-electron chi connectivity index (χ0n) is 10.8. The molecule has 0 aromatic heterocycles. The van der Waals surface area contributed by atoms with E-state index >= 15 is 0 Å². The minimum atomic E-state index is -0.914. The van der Waals surface area contributed by atoms with Crippen LogP contribution in [0.2, 0.25) is 0 Å². The first-order valence-corrected chi connectivity index (χ1v) is 6.24. The van der Waals surface area contributed by atoms with E-state index in [9.17, 15) is 9.50 Å². The summed E-state index contributed by atoms with van der Waals surface area (Å²) in [5.74, 6) is 0.666. The minimum Gasteiger partial charge on any atom is -0.455 e. The molecule has 0 spiro atoms. The highest BCUT2D eigenvalue weighted by Gasteiger charge is 2.08. The molecule has 0 fully saturated rings. The summed E-state index contributed by atoms with van der Waals surface area (Å²) in [7, 11) is 0. The second kappa shape index (κ2) is 6.88. The zero-order chi connectivity index (χ0) is 14.4. The molecule has 3 N–H and O–H groups in total. The van der Waals surface area contributed by atoms with Gasteiger partial charge in [0.25, 0.3) is 0 Å². The van der Waals surface area contributed by atoms with Gasteiger partial charge in [-0.2, -0.15) is 0 Å². The summed E-state index contributed by atoms with van der Waals surface area (Å²) < 4.78 is 18.9. The highest BCUT2D eigenvalue weighted by molar-refractivity contribution is 5.57. The van der Waals surface area contributed by atoms with Crippen LogP contribution >= 0.6 is 0 Å². The molecule has 0 saturated carbocycles. The van der Waals surface area contributed by atoms with Crippen molar-refractivity contribution in [1.29, 1.82) is 0 Å². The molecule has 4 nitrogen and oxygen atoms in total. The van der Waals surface area contributed by atoms with Crippen LogP contribution in [0.4, 0.5) is 10.1 Å². The fourth-order valence-corrected chi connectivity index (χ4v) is 1.64. The third kappa shape index (κ3) is 3.94. The molecule has 2 rings (SSSR count). The van der Waals surface area contributed by atoms with E-state index in [1.807, 2.05) is 18.2 Å². The van der Waals surface area contributed by atoms with Crippen molar-refractivity contribution >= 4 is 5.69 Å². The van der Waals surface area contributed by atoms with E-state index < -0.39 is 11.9 Å². The lowest BCUT2D eigenvalue weighted by Gasteiger charge is -2.15. The Morgan fingerprint density at radius 3 is 2.60 bits per heavy atom. The molecule has 1 atom stereocenters. The number of para-hydroxylation sites is 1. The van der Waals surface area contributed by atoms with E-state index in [0.29, 0.717) is 17.2 Å². The van der Waals surface area contributed by atoms with E-state index in [1.54, 1.807) is 12.1 Å². The number of nitrogens with one attached hydrogen (secondary N) is 1. The topological polar surface area (TPSA) is 61.7 Å². The number of ether oxygens (including phenoxy) is 1. The molecule has 2 aromatic carbocycles. The molecule has 0 aliphatic heterocycles. The summed E-state index contributed by atoms with van der Waals surface area (Å²) >= 11 is 0. The lowest BCUT2D eigenvalue weighted by Crippen LogP contribution is -2.23. The van der Waals surface area contributed by atoms with E-state index in [0.717, 1.165) is 0 Å². The number of anilines is 1. The van der Waals surface area contributed by atoms with Crippen LogP contribution in [-0.4, -0.2) is 29.5 Å². The molecule has 0 aliphatic rings. The van der Waals surface area contributed by atoms with Crippen molar-refractivity contribution in [2.75, 3.05) is 18.5 Å². The molecule has 0 amide bonds. The normalized spacial score (nSPS) is 11.9. The molecule has 0 radical (unpaired) electrons. The number of hydrogen-bond acceptors (Lipinski definition) is 4. The third-order valence-corrected chi connectivity index (χ3v) is 2.65. The quantitative estimate of drug-likeness (QED) is 0.758. The molecule has 0 heterocycles. The van der Waals surface area contributed by atoms with Gasteiger partial charge in [-0.25, -0.2) is 4.39 Å². The first-order chi connectivity index (χ1) is 9.69. The number of halogens is 1. The van der Waals surface area contributed by atoms with Crippen LogP contribution in [-0.2, 0) is 0 Å². The first-order valence-electron chi connectivity index (χ1n) is 6.24. The molecular formula is C15H16FNO3. The van der Waals surface area contributed by atoms with Gasteiger partial charge in [-0.1, -0.05) is 18.2 Å². The molecule has 0 aliphatic carbocycles. The maximum Gasteiger partial charge on any atom is 0.150 e. The predicted molar refractivity (Wildman–Crippen MR) is 74.5 cm³/mol. The molecule has 0 bridgehead atoms. The average Bonchev–Trinajstić information content (AvgIpc) is 2.48. The molecular weight excluding hydrogens is 261 g/mol. The lowest BCUT2D eigenvalue weighted by atomic mass is 10.2. The van der Waals surface area contributed by atoms with Gasteiger partial charge in [-0.15, -0.1) is 0 Å². The SMILES string of the molecule is OCC(O)CNc1cc(F)ccc1Oc1ccccc1. The number of aliphatic hydroxyl groups excluding tert-OH is 2. The van der Waals surface area contributed by atoms with Crippen LogP contribution in [0, 0.1) is 5.82 Å². The number of rotatable bonds is 6. The Morgan fingerprint density at radius 2 is 1.90 bits per heavy atom. The molecule has 20 heavy (non-hydrogen) atoms. The molecule has 106 valence electrons. The Kier molecular flexibility index (Phi) is 4.92. The van der Waals surface area contributed by atoms with Crippen LogP contribution in [0.1, 0.15) is 0 Å². The maximum atomic E-state index is 13.3. The van der Waals surface area contributed by atoms with E-state index in [-0.39, 0.29) is 13.2 Å². The lowest BCUT2D eigenvalue weighted by molar-refractivity contribution is 0.105. The monoisotopic (exact) mass is 277 g/mol. The van der Waals surface area contributed by atoms with Crippen LogP contribution < -0.4 is 10.1 Å². The van der Waals surface area contributed by atoms with Gasteiger partial charge in [0.2, 0.25) is 0 Å². The Morgan fingerprint density at radius 1 is 1.15 bits per heavy atom. The van der Waals surface area contributed by atoms with Gasteiger partial charge in [0.15, 0.2) is 5.75 Å². The van der Waals surface area contributed by atoms with Gasteiger partial charge < -0.3 is 20.3 Å². The first kappa shape index (κ1) is 14.3. The average molecular weight is 277 g/mol. The number of benzene rings is 2. The fourth-order valence-electron chi connectivity index (χ4n) is 1.64. The Labute approximate surface area is 116 Å². The second-order valence-corrected chi connectivity index (χ2v) is 4.27. The highest BCUT2D eigenvalue weighted by atomic mass is 19.1. The van der Waals surface area contributed by atoms with Crippen molar-refractivity contribution in [2.45, 2.75) is 6.10 Å². The Bertz CT molecular complexity index is 548. The fraction of sp³-hybridized carbons (Fsp3) is 0.200. The number of aliphatic hydroxyl groups is 2. The summed E-state index contributed by atoms with van der Waals surface area (Å²) in [5.41, 5.74) is 0.418. The van der Waals surface area contributed by atoms with E-state index in [2.05, 4.69) is 5.32 Å². The Hall–Kier alpha value is -2.11. The summed E-state index contributed by atoms with van der Waals surface area (Å²) in [6, 6.07) is 13.2. The maximum absolute atomic E-state index is 13.3. The second-order valence-electron chi connectivity index (χ2n) is 4.27. The largest absolute Gasteiger partial charge is 0.455 e. The van der Waals surface area contributed by atoms with Crippen molar-refractivity contribution in [3.05, 3.63) is 54.3 Å². The van der Waals surface area contributed by atoms with Gasteiger partial charge in [0.05, 0.1) is 18.4 Å². The predicted octanol–water partition coefficient (Wildman–Crippen LogP) is 2.38. The van der Waals surface area contributed by atoms with E-state index in [1.165, 1.54) is 18.2 Å². The van der Waals surface area contributed by atoms with Crippen molar-refractivity contribution in [1.82, 2.24) is 0 Å². The number of hydrogen-bond donors (Lipinski definition) is 3. The summed E-state index contributed by atoms with van der Waals surface area (Å²) in [5, 5.41) is 20.9. The molecule has 1 unspecified atom stereocenters. The highest BCUT2D eigenvalue weighted by Crippen LogP contribution is 2.30. The standard InChI is InChI=1S/C15H16FNO3/c16-11-6-7-15(20-13-4-2-1-3-5-13)14(8-11)17-9-12(19)10-18/h1-8,12,17-19H,9-10H2. The van der Waals surface area contributed by atoms with E-state index in [4.69, 9.17) is 9.84 Å². The summed E-state index contributed by atoms with van der Waals surface area (Å²) in [6.45, 7) is -0.262. The van der Waals surface area contributed by atoms with Crippen molar-refractivity contribution in [3.8, 4) is 11.5 Å². The van der Waals surface area contributed by atoms with Crippen molar-refractivity contribution in [3.63, 3.8) is 0 Å². The molecule has 2 aromatic rings.